The minimum atomic E-state index is -3.27. The van der Waals surface area contributed by atoms with Crippen molar-refractivity contribution in [2.24, 2.45) is 0 Å². The molecule has 1 aliphatic rings. The zero-order valence-electron chi connectivity index (χ0n) is 15.4. The first-order chi connectivity index (χ1) is 13.0. The Labute approximate surface area is 159 Å². The standard InChI is InChI=1S/C21H24F4OSi/c1-2-9-27-10-7-16(8-11-27)14-3-5-15(6-4-14)17-12-18(22)20(19(23)13-17)26-21(24)25/h3-6,12-13,16,21,27H,2,7-11H2,1H3/t16-,27-. The van der Waals surface area contributed by atoms with Crippen LogP contribution in [0.4, 0.5) is 17.6 Å². The third kappa shape index (κ3) is 4.92. The van der Waals surface area contributed by atoms with Gasteiger partial charge in [-0.1, -0.05) is 55.7 Å². The van der Waals surface area contributed by atoms with E-state index >= 15 is 0 Å². The Morgan fingerprint density at radius 2 is 1.59 bits per heavy atom. The average molecular weight is 397 g/mol. The molecule has 0 radical (unpaired) electrons. The van der Waals surface area contributed by atoms with Gasteiger partial charge in [0.15, 0.2) is 17.4 Å². The van der Waals surface area contributed by atoms with Gasteiger partial charge in [0.1, 0.15) is 0 Å². The predicted molar refractivity (Wildman–Crippen MR) is 102 cm³/mol. The van der Waals surface area contributed by atoms with Gasteiger partial charge >= 0.3 is 6.61 Å². The first-order valence-corrected chi connectivity index (χ1v) is 12.0. The van der Waals surface area contributed by atoms with Gasteiger partial charge in [-0.05, 0) is 47.6 Å². The van der Waals surface area contributed by atoms with Gasteiger partial charge in [-0.2, -0.15) is 8.78 Å². The summed E-state index contributed by atoms with van der Waals surface area (Å²) in [6.07, 6.45) is 3.77. The van der Waals surface area contributed by atoms with Gasteiger partial charge in [0, 0.05) is 8.80 Å². The third-order valence-electron chi connectivity index (χ3n) is 5.46. The van der Waals surface area contributed by atoms with Crippen LogP contribution in [0.2, 0.25) is 18.1 Å². The van der Waals surface area contributed by atoms with E-state index in [1.54, 1.807) is 0 Å². The van der Waals surface area contributed by atoms with Crippen molar-refractivity contribution in [1.29, 1.82) is 0 Å². The average Bonchev–Trinajstić information content (AvgIpc) is 2.65. The summed E-state index contributed by atoms with van der Waals surface area (Å²) in [5.74, 6) is -2.74. The Hall–Kier alpha value is -1.82. The lowest BCUT2D eigenvalue weighted by atomic mass is 9.92. The summed E-state index contributed by atoms with van der Waals surface area (Å²) in [7, 11) is -0.523. The van der Waals surface area contributed by atoms with Gasteiger partial charge in [0.25, 0.3) is 0 Å². The first-order valence-electron chi connectivity index (χ1n) is 9.52. The van der Waals surface area contributed by atoms with Gasteiger partial charge in [-0.3, -0.25) is 0 Å². The molecule has 0 amide bonds. The molecule has 0 saturated carbocycles. The van der Waals surface area contributed by atoms with Gasteiger partial charge < -0.3 is 4.74 Å². The van der Waals surface area contributed by atoms with Crippen molar-refractivity contribution in [3.8, 4) is 16.9 Å². The molecule has 1 heterocycles. The molecule has 1 nitrogen and oxygen atoms in total. The quantitative estimate of drug-likeness (QED) is 0.388. The fourth-order valence-electron chi connectivity index (χ4n) is 4.07. The van der Waals surface area contributed by atoms with Crippen molar-refractivity contribution in [2.45, 2.75) is 56.8 Å². The number of alkyl halides is 2. The molecule has 27 heavy (non-hydrogen) atoms. The highest BCUT2D eigenvalue weighted by Gasteiger charge is 2.23. The first kappa shape index (κ1) is 19.9. The molecule has 0 aliphatic carbocycles. The fourth-order valence-corrected chi connectivity index (χ4v) is 7.50. The van der Waals surface area contributed by atoms with Crippen molar-refractivity contribution in [3.63, 3.8) is 0 Å². The summed E-state index contributed by atoms with van der Waals surface area (Å²) in [5, 5.41) is 0. The molecule has 0 N–H and O–H groups in total. The highest BCUT2D eigenvalue weighted by atomic mass is 28.3. The van der Waals surface area contributed by atoms with Crippen LogP contribution in [-0.4, -0.2) is 15.4 Å². The monoisotopic (exact) mass is 396 g/mol. The van der Waals surface area contributed by atoms with Crippen LogP contribution >= 0.6 is 0 Å². The van der Waals surface area contributed by atoms with Crippen LogP contribution in [0.25, 0.3) is 11.1 Å². The molecular weight excluding hydrogens is 372 g/mol. The lowest BCUT2D eigenvalue weighted by molar-refractivity contribution is -0.0546. The lowest BCUT2D eigenvalue weighted by Crippen LogP contribution is -2.19. The van der Waals surface area contributed by atoms with Crippen molar-refractivity contribution < 1.29 is 22.3 Å². The highest BCUT2D eigenvalue weighted by molar-refractivity contribution is 6.59. The normalized spacial score (nSPS) is 20.1. The van der Waals surface area contributed by atoms with Crippen LogP contribution in [0.1, 0.15) is 37.7 Å². The Morgan fingerprint density at radius 1 is 1.00 bits per heavy atom. The van der Waals surface area contributed by atoms with E-state index in [1.807, 2.05) is 24.3 Å². The van der Waals surface area contributed by atoms with Gasteiger partial charge in [0.05, 0.1) is 0 Å². The highest BCUT2D eigenvalue weighted by Crippen LogP contribution is 2.36. The van der Waals surface area contributed by atoms with Crippen molar-refractivity contribution >= 4 is 8.80 Å². The molecule has 0 atom stereocenters. The molecule has 146 valence electrons. The van der Waals surface area contributed by atoms with Crippen LogP contribution in [0.15, 0.2) is 36.4 Å². The predicted octanol–water partition coefficient (Wildman–Crippen LogP) is 6.75. The van der Waals surface area contributed by atoms with Crippen LogP contribution in [0, 0.1) is 11.6 Å². The van der Waals surface area contributed by atoms with E-state index < -0.39 is 32.8 Å². The number of halogens is 4. The number of hydrogen-bond donors (Lipinski definition) is 0. The Morgan fingerprint density at radius 3 is 2.11 bits per heavy atom. The molecule has 2 aromatic carbocycles. The zero-order chi connectivity index (χ0) is 19.4. The third-order valence-corrected chi connectivity index (χ3v) is 9.16. The summed E-state index contributed by atoms with van der Waals surface area (Å²) < 4.78 is 56.3. The summed E-state index contributed by atoms with van der Waals surface area (Å²) in [6, 6.07) is 14.0. The smallest absolute Gasteiger partial charge is 0.387 e. The summed E-state index contributed by atoms with van der Waals surface area (Å²) in [4.78, 5) is 0. The lowest BCUT2D eigenvalue weighted by Gasteiger charge is -2.27. The van der Waals surface area contributed by atoms with Crippen LogP contribution in [0.5, 0.6) is 5.75 Å². The number of ether oxygens (including phenoxy) is 1. The van der Waals surface area contributed by atoms with Crippen molar-refractivity contribution in [2.75, 3.05) is 0 Å². The van der Waals surface area contributed by atoms with E-state index in [-0.39, 0.29) is 0 Å². The van der Waals surface area contributed by atoms with Gasteiger partial charge in [-0.15, -0.1) is 0 Å². The van der Waals surface area contributed by atoms with E-state index in [4.69, 9.17) is 0 Å². The summed E-state index contributed by atoms with van der Waals surface area (Å²) in [5.41, 5.74) is 2.22. The molecule has 6 heteroatoms. The van der Waals surface area contributed by atoms with Gasteiger partial charge in [-0.25, -0.2) is 8.78 Å². The second kappa shape index (κ2) is 8.91. The molecular formula is C21H24F4OSi. The maximum Gasteiger partial charge on any atom is 0.387 e. The van der Waals surface area contributed by atoms with E-state index in [0.717, 1.165) is 12.1 Å². The molecule has 0 unspecified atom stereocenters. The number of benzene rings is 2. The Bertz CT molecular complexity index is 732. The number of hydrogen-bond acceptors (Lipinski definition) is 1. The second-order valence-electron chi connectivity index (χ2n) is 7.28. The van der Waals surface area contributed by atoms with E-state index in [1.165, 1.54) is 43.0 Å². The second-order valence-corrected chi connectivity index (χ2v) is 10.7. The molecule has 1 aliphatic heterocycles. The summed E-state index contributed by atoms with van der Waals surface area (Å²) >= 11 is 0. The minimum absolute atomic E-state index is 0.303. The van der Waals surface area contributed by atoms with E-state index in [9.17, 15) is 17.6 Å². The Balaban J connectivity index is 1.72. The largest absolute Gasteiger partial charge is 0.429 e. The van der Waals surface area contributed by atoms with E-state index in [0.29, 0.717) is 17.0 Å². The van der Waals surface area contributed by atoms with Gasteiger partial charge in [0.2, 0.25) is 0 Å². The number of rotatable bonds is 6. The topological polar surface area (TPSA) is 9.23 Å². The molecule has 1 fully saturated rings. The van der Waals surface area contributed by atoms with Crippen LogP contribution < -0.4 is 4.74 Å². The molecule has 0 bridgehead atoms. The van der Waals surface area contributed by atoms with Crippen molar-refractivity contribution in [3.05, 3.63) is 53.6 Å². The summed E-state index contributed by atoms with van der Waals surface area (Å²) in [6.45, 7) is -1.01. The Kier molecular flexibility index (Phi) is 6.58. The van der Waals surface area contributed by atoms with Crippen LogP contribution in [-0.2, 0) is 0 Å². The molecule has 1 saturated heterocycles. The molecule has 3 rings (SSSR count). The SMILES string of the molecule is CCC[Si@H]1CC[C@H](c2ccc(-c3cc(F)c(OC(F)F)c(F)c3)cc2)CC1. The maximum atomic E-state index is 13.9. The zero-order valence-corrected chi connectivity index (χ0v) is 16.5. The molecule has 2 aromatic rings. The van der Waals surface area contributed by atoms with Crippen molar-refractivity contribution in [1.82, 2.24) is 0 Å². The molecule has 0 aromatic heterocycles. The fraction of sp³-hybridized carbons (Fsp3) is 0.429. The minimum Gasteiger partial charge on any atom is -0.429 e. The maximum absolute atomic E-state index is 13.9. The molecule has 0 spiro atoms. The van der Waals surface area contributed by atoms with E-state index in [2.05, 4.69) is 11.7 Å². The van der Waals surface area contributed by atoms with Crippen LogP contribution in [0.3, 0.4) is 0 Å².